The lowest BCUT2D eigenvalue weighted by molar-refractivity contribution is -0.0453. The van der Waals surface area contributed by atoms with Gasteiger partial charge >= 0.3 is 6.09 Å². The minimum Gasteiger partial charge on any atom is -0.408 e. The van der Waals surface area contributed by atoms with Crippen molar-refractivity contribution in [1.29, 1.82) is 0 Å². The van der Waals surface area contributed by atoms with E-state index in [4.69, 9.17) is 14.2 Å². The van der Waals surface area contributed by atoms with Gasteiger partial charge in [-0.05, 0) is 6.07 Å². The highest BCUT2D eigenvalue weighted by molar-refractivity contribution is 5.70. The van der Waals surface area contributed by atoms with Crippen molar-refractivity contribution in [3.8, 4) is 5.75 Å². The van der Waals surface area contributed by atoms with Crippen molar-refractivity contribution in [2.75, 3.05) is 20.3 Å². The number of nitrogens with zero attached hydrogens (tertiary/aromatic N) is 2. The van der Waals surface area contributed by atoms with Crippen molar-refractivity contribution >= 4 is 6.09 Å². The number of para-hydroxylation sites is 1. The molecule has 1 aliphatic rings. The van der Waals surface area contributed by atoms with Crippen molar-refractivity contribution in [3.05, 3.63) is 34.7 Å². The fraction of sp³-hybridized carbons (Fsp3) is 0.364. The van der Waals surface area contributed by atoms with E-state index in [-0.39, 0.29) is 5.75 Å². The summed E-state index contributed by atoms with van der Waals surface area (Å²) in [6.07, 6.45) is -1.42. The molecule has 1 aromatic carbocycles. The second-order valence-electron chi connectivity index (χ2n) is 3.58. The Morgan fingerprint density at radius 3 is 2.72 bits per heavy atom. The van der Waals surface area contributed by atoms with Gasteiger partial charge in [0.15, 0.2) is 6.29 Å². The number of benzene rings is 1. The summed E-state index contributed by atoms with van der Waals surface area (Å²) in [5, 5.41) is 3.02. The van der Waals surface area contributed by atoms with E-state index < -0.39 is 12.4 Å². The molecule has 0 radical (unpaired) electrons. The summed E-state index contributed by atoms with van der Waals surface area (Å²) < 4.78 is 15.7. The largest absolute Gasteiger partial charge is 0.438 e. The molecule has 0 aliphatic carbocycles. The summed E-state index contributed by atoms with van der Waals surface area (Å²) in [6, 6.07) is 6.80. The first kappa shape index (κ1) is 12.5. The van der Waals surface area contributed by atoms with Crippen molar-refractivity contribution in [3.63, 3.8) is 0 Å². The first-order valence-electron chi connectivity index (χ1n) is 5.33. The quantitative estimate of drug-likeness (QED) is 0.606. The zero-order valence-electron chi connectivity index (χ0n) is 9.74. The smallest absolute Gasteiger partial charge is 0.408 e. The molecule has 1 aliphatic heterocycles. The van der Waals surface area contributed by atoms with Gasteiger partial charge in [0.1, 0.15) is 5.75 Å². The molecule has 0 spiro atoms. The van der Waals surface area contributed by atoms with Gasteiger partial charge in [-0.25, -0.2) is 4.79 Å². The summed E-state index contributed by atoms with van der Waals surface area (Å²) in [4.78, 5) is 21.6. The Kier molecular flexibility index (Phi) is 3.85. The summed E-state index contributed by atoms with van der Waals surface area (Å²) in [5.41, 5.74) is 0.600. The molecule has 1 fully saturated rings. The summed E-state index contributed by atoms with van der Waals surface area (Å²) in [6.45, 7) is 0.978. The SMILES string of the molecule is CN(N=O)C(=O)Oc1ccccc1C1OCCO1. The van der Waals surface area contributed by atoms with E-state index in [1.165, 1.54) is 7.05 Å². The van der Waals surface area contributed by atoms with Crippen LogP contribution in [0.25, 0.3) is 0 Å². The topological polar surface area (TPSA) is 77.4 Å². The molecular weight excluding hydrogens is 240 g/mol. The number of hydrogen-bond donors (Lipinski definition) is 0. The van der Waals surface area contributed by atoms with Crippen LogP contribution < -0.4 is 4.74 Å². The van der Waals surface area contributed by atoms with Crippen molar-refractivity contribution in [1.82, 2.24) is 5.01 Å². The lowest BCUT2D eigenvalue weighted by atomic mass is 10.2. The van der Waals surface area contributed by atoms with E-state index in [2.05, 4.69) is 5.29 Å². The molecule has 7 nitrogen and oxygen atoms in total. The van der Waals surface area contributed by atoms with Crippen molar-refractivity contribution < 1.29 is 19.0 Å². The van der Waals surface area contributed by atoms with E-state index in [9.17, 15) is 9.70 Å². The van der Waals surface area contributed by atoms with Crippen LogP contribution in [0.15, 0.2) is 29.6 Å². The van der Waals surface area contributed by atoms with Gasteiger partial charge in [0.05, 0.1) is 24.1 Å². The van der Waals surface area contributed by atoms with Crippen LogP contribution in [0.4, 0.5) is 4.79 Å². The predicted octanol–water partition coefficient (Wildman–Crippen LogP) is 1.84. The molecule has 0 saturated carbocycles. The number of amides is 1. The Balaban J connectivity index is 2.17. The van der Waals surface area contributed by atoms with Crippen LogP contribution in [-0.4, -0.2) is 31.4 Å². The highest BCUT2D eigenvalue weighted by Crippen LogP contribution is 2.31. The maximum Gasteiger partial charge on any atom is 0.438 e. The molecule has 0 atom stereocenters. The fourth-order valence-electron chi connectivity index (χ4n) is 1.50. The van der Waals surface area contributed by atoms with Gasteiger partial charge in [-0.1, -0.05) is 18.2 Å². The normalized spacial score (nSPS) is 15.4. The van der Waals surface area contributed by atoms with Crippen LogP contribution in [0, 0.1) is 4.91 Å². The lowest BCUT2D eigenvalue weighted by Crippen LogP contribution is -2.24. The minimum atomic E-state index is -0.865. The Morgan fingerprint density at radius 1 is 1.39 bits per heavy atom. The zero-order valence-corrected chi connectivity index (χ0v) is 9.74. The highest BCUT2D eigenvalue weighted by atomic mass is 16.7. The molecule has 0 bridgehead atoms. The van der Waals surface area contributed by atoms with E-state index in [1.54, 1.807) is 24.3 Å². The first-order valence-corrected chi connectivity index (χ1v) is 5.33. The monoisotopic (exact) mass is 252 g/mol. The Bertz CT molecular complexity index is 445. The first-order chi connectivity index (χ1) is 8.72. The molecule has 1 saturated heterocycles. The third-order valence-electron chi connectivity index (χ3n) is 2.38. The van der Waals surface area contributed by atoms with Crippen LogP contribution in [0.2, 0.25) is 0 Å². The van der Waals surface area contributed by atoms with Gasteiger partial charge in [0.25, 0.3) is 0 Å². The average Bonchev–Trinajstić information content (AvgIpc) is 2.92. The molecule has 18 heavy (non-hydrogen) atoms. The maximum atomic E-state index is 11.4. The average molecular weight is 252 g/mol. The van der Waals surface area contributed by atoms with Crippen LogP contribution in [0.3, 0.4) is 0 Å². The molecule has 0 N–H and O–H groups in total. The minimum absolute atomic E-state index is 0.282. The molecule has 0 aromatic heterocycles. The second kappa shape index (κ2) is 5.56. The van der Waals surface area contributed by atoms with Gasteiger partial charge in [-0.3, -0.25) is 0 Å². The molecule has 1 amide bonds. The number of carbonyl (C=O) groups excluding carboxylic acids is 1. The van der Waals surface area contributed by atoms with Crippen LogP contribution in [-0.2, 0) is 9.47 Å². The summed E-state index contributed by atoms with van der Waals surface area (Å²) >= 11 is 0. The predicted molar refractivity (Wildman–Crippen MR) is 60.7 cm³/mol. The molecule has 0 unspecified atom stereocenters. The van der Waals surface area contributed by atoms with Crippen molar-refractivity contribution in [2.45, 2.75) is 6.29 Å². The van der Waals surface area contributed by atoms with E-state index in [0.717, 1.165) is 0 Å². The molecule has 96 valence electrons. The number of hydrogen-bond acceptors (Lipinski definition) is 6. The molecule has 7 heteroatoms. The Morgan fingerprint density at radius 2 is 2.06 bits per heavy atom. The van der Waals surface area contributed by atoms with Gasteiger partial charge in [-0.2, -0.15) is 5.01 Å². The van der Waals surface area contributed by atoms with E-state index in [1.807, 2.05) is 0 Å². The molecule has 1 aromatic rings. The summed E-state index contributed by atoms with van der Waals surface area (Å²) in [5.74, 6) is 0.282. The van der Waals surface area contributed by atoms with Crippen LogP contribution >= 0.6 is 0 Å². The van der Waals surface area contributed by atoms with Crippen LogP contribution in [0.1, 0.15) is 11.9 Å². The number of ether oxygens (including phenoxy) is 3. The molecule has 1 heterocycles. The standard InChI is InChI=1S/C11H12N2O5/c1-13(12-15)11(14)18-9-5-3-2-4-8(9)10-16-6-7-17-10/h2-5,10H,6-7H2,1H3. The fourth-order valence-corrected chi connectivity index (χ4v) is 1.50. The van der Waals surface area contributed by atoms with Gasteiger partial charge in [0, 0.05) is 7.05 Å². The van der Waals surface area contributed by atoms with E-state index in [0.29, 0.717) is 23.8 Å². The number of rotatable bonds is 3. The Labute approximate surface area is 103 Å². The maximum absolute atomic E-state index is 11.4. The van der Waals surface area contributed by atoms with Gasteiger partial charge in [0.2, 0.25) is 0 Å². The second-order valence-corrected chi connectivity index (χ2v) is 3.58. The lowest BCUT2D eigenvalue weighted by Gasteiger charge is -2.15. The van der Waals surface area contributed by atoms with Crippen LogP contribution in [0.5, 0.6) is 5.75 Å². The molecular formula is C11H12N2O5. The molecule has 2 rings (SSSR count). The van der Waals surface area contributed by atoms with E-state index >= 15 is 0 Å². The zero-order chi connectivity index (χ0) is 13.0. The third kappa shape index (κ3) is 2.63. The van der Waals surface area contributed by atoms with Gasteiger partial charge in [-0.15, -0.1) is 4.91 Å². The van der Waals surface area contributed by atoms with Gasteiger partial charge < -0.3 is 14.2 Å². The number of carbonyl (C=O) groups is 1. The summed E-state index contributed by atoms with van der Waals surface area (Å²) in [7, 11) is 1.21. The van der Waals surface area contributed by atoms with Crippen molar-refractivity contribution in [2.24, 2.45) is 5.29 Å². The highest BCUT2D eigenvalue weighted by Gasteiger charge is 2.23. The third-order valence-corrected chi connectivity index (χ3v) is 2.38. The Hall–Kier alpha value is -1.99. The number of nitroso groups, excluding NO2 is 1.